The van der Waals surface area contributed by atoms with Crippen LogP contribution in [-0.2, 0) is 5.60 Å². The standard InChI is InChI=1S/C11H15ClO2/c1-7-9(11(2,3)13)5-8(14-4)6-10(7)12/h5-6,13H,1-4H3. The van der Waals surface area contributed by atoms with Crippen molar-refractivity contribution < 1.29 is 9.84 Å². The molecule has 0 bridgehead atoms. The quantitative estimate of drug-likeness (QED) is 0.821. The van der Waals surface area contributed by atoms with E-state index in [-0.39, 0.29) is 0 Å². The predicted molar refractivity (Wildman–Crippen MR) is 58.0 cm³/mol. The molecule has 1 rings (SSSR count). The van der Waals surface area contributed by atoms with Gasteiger partial charge in [-0.25, -0.2) is 0 Å². The molecular formula is C11H15ClO2. The summed E-state index contributed by atoms with van der Waals surface area (Å²) in [5.74, 6) is 0.665. The molecule has 0 aromatic heterocycles. The Morgan fingerprint density at radius 3 is 2.36 bits per heavy atom. The maximum absolute atomic E-state index is 9.90. The zero-order chi connectivity index (χ0) is 10.9. The summed E-state index contributed by atoms with van der Waals surface area (Å²) in [5, 5.41) is 10.5. The second kappa shape index (κ2) is 3.79. The topological polar surface area (TPSA) is 29.5 Å². The molecule has 0 aliphatic carbocycles. The Morgan fingerprint density at radius 2 is 1.93 bits per heavy atom. The summed E-state index contributed by atoms with van der Waals surface area (Å²) in [6.45, 7) is 5.34. The molecule has 0 unspecified atom stereocenters. The number of benzene rings is 1. The van der Waals surface area contributed by atoms with Crippen LogP contribution in [0.4, 0.5) is 0 Å². The Hall–Kier alpha value is -0.730. The minimum atomic E-state index is -0.901. The zero-order valence-corrected chi connectivity index (χ0v) is 9.64. The van der Waals surface area contributed by atoms with E-state index in [0.29, 0.717) is 10.8 Å². The molecule has 0 saturated heterocycles. The van der Waals surface area contributed by atoms with Crippen molar-refractivity contribution in [1.82, 2.24) is 0 Å². The molecule has 0 aliphatic heterocycles. The van der Waals surface area contributed by atoms with E-state index in [9.17, 15) is 5.11 Å². The number of methoxy groups -OCH3 is 1. The Bertz CT molecular complexity index is 340. The minimum absolute atomic E-state index is 0.612. The van der Waals surface area contributed by atoms with Crippen LogP contribution < -0.4 is 4.74 Å². The van der Waals surface area contributed by atoms with Crippen LogP contribution in [0, 0.1) is 6.92 Å². The maximum Gasteiger partial charge on any atom is 0.120 e. The fraction of sp³-hybridized carbons (Fsp3) is 0.455. The highest BCUT2D eigenvalue weighted by molar-refractivity contribution is 6.31. The molecule has 0 radical (unpaired) electrons. The van der Waals surface area contributed by atoms with Crippen LogP contribution in [0.25, 0.3) is 0 Å². The van der Waals surface area contributed by atoms with Crippen LogP contribution in [0.15, 0.2) is 12.1 Å². The highest BCUT2D eigenvalue weighted by Gasteiger charge is 2.20. The number of hydrogen-bond acceptors (Lipinski definition) is 2. The van der Waals surface area contributed by atoms with Crippen LogP contribution in [0.5, 0.6) is 5.75 Å². The van der Waals surface area contributed by atoms with Crippen molar-refractivity contribution in [2.24, 2.45) is 0 Å². The van der Waals surface area contributed by atoms with Gasteiger partial charge in [-0.1, -0.05) is 11.6 Å². The van der Waals surface area contributed by atoms with Gasteiger partial charge in [0.15, 0.2) is 0 Å². The van der Waals surface area contributed by atoms with Crippen LogP contribution in [0.1, 0.15) is 25.0 Å². The third-order valence-electron chi connectivity index (χ3n) is 2.21. The maximum atomic E-state index is 9.90. The minimum Gasteiger partial charge on any atom is -0.497 e. The Morgan fingerprint density at radius 1 is 1.36 bits per heavy atom. The molecule has 3 heteroatoms. The van der Waals surface area contributed by atoms with Crippen LogP contribution in [-0.4, -0.2) is 12.2 Å². The van der Waals surface area contributed by atoms with E-state index in [0.717, 1.165) is 11.1 Å². The van der Waals surface area contributed by atoms with Crippen molar-refractivity contribution >= 4 is 11.6 Å². The molecule has 1 aromatic rings. The zero-order valence-electron chi connectivity index (χ0n) is 8.89. The molecule has 0 spiro atoms. The summed E-state index contributed by atoms with van der Waals surface area (Å²) in [4.78, 5) is 0. The lowest BCUT2D eigenvalue weighted by Crippen LogP contribution is -2.17. The molecule has 0 fully saturated rings. The van der Waals surface area contributed by atoms with Crippen molar-refractivity contribution in [1.29, 1.82) is 0 Å². The lowest BCUT2D eigenvalue weighted by molar-refractivity contribution is 0.0776. The monoisotopic (exact) mass is 214 g/mol. The van der Waals surface area contributed by atoms with E-state index >= 15 is 0 Å². The summed E-state index contributed by atoms with van der Waals surface area (Å²) < 4.78 is 5.09. The third-order valence-corrected chi connectivity index (χ3v) is 2.61. The number of ether oxygens (including phenoxy) is 1. The van der Waals surface area contributed by atoms with Crippen LogP contribution in [0.2, 0.25) is 5.02 Å². The van der Waals surface area contributed by atoms with Gasteiger partial charge in [0, 0.05) is 5.02 Å². The van der Waals surface area contributed by atoms with Gasteiger partial charge in [0.1, 0.15) is 5.75 Å². The van der Waals surface area contributed by atoms with E-state index in [1.165, 1.54) is 0 Å². The van der Waals surface area contributed by atoms with Crippen molar-refractivity contribution in [2.75, 3.05) is 7.11 Å². The fourth-order valence-corrected chi connectivity index (χ4v) is 1.62. The van der Waals surface area contributed by atoms with Gasteiger partial charge >= 0.3 is 0 Å². The molecule has 0 saturated carbocycles. The van der Waals surface area contributed by atoms with Crippen LogP contribution >= 0.6 is 11.6 Å². The highest BCUT2D eigenvalue weighted by Crippen LogP contribution is 2.32. The van der Waals surface area contributed by atoms with Gasteiger partial charge in [-0.05, 0) is 44.0 Å². The van der Waals surface area contributed by atoms with Gasteiger partial charge in [0.25, 0.3) is 0 Å². The molecule has 1 aromatic carbocycles. The smallest absolute Gasteiger partial charge is 0.120 e. The van der Waals surface area contributed by atoms with Gasteiger partial charge in [-0.15, -0.1) is 0 Å². The van der Waals surface area contributed by atoms with Crippen molar-refractivity contribution in [2.45, 2.75) is 26.4 Å². The largest absolute Gasteiger partial charge is 0.497 e. The first-order valence-electron chi connectivity index (χ1n) is 4.43. The van der Waals surface area contributed by atoms with Gasteiger partial charge in [-0.2, -0.15) is 0 Å². The second-order valence-corrected chi connectivity index (χ2v) is 4.25. The average Bonchev–Trinajstić information content (AvgIpc) is 2.07. The number of halogens is 1. The Labute approximate surface area is 89.5 Å². The van der Waals surface area contributed by atoms with Crippen molar-refractivity contribution in [3.8, 4) is 5.75 Å². The summed E-state index contributed by atoms with van der Waals surface area (Å²) in [6.07, 6.45) is 0. The third kappa shape index (κ3) is 2.20. The molecule has 0 amide bonds. The lowest BCUT2D eigenvalue weighted by atomic mass is 9.93. The number of hydrogen-bond donors (Lipinski definition) is 1. The molecule has 0 heterocycles. The van der Waals surface area contributed by atoms with E-state index in [1.54, 1.807) is 33.1 Å². The second-order valence-electron chi connectivity index (χ2n) is 3.84. The molecule has 2 nitrogen and oxygen atoms in total. The summed E-state index contributed by atoms with van der Waals surface area (Å²) in [5.41, 5.74) is 0.782. The first kappa shape index (κ1) is 11.3. The summed E-state index contributed by atoms with van der Waals surface area (Å²) in [6, 6.07) is 3.55. The van der Waals surface area contributed by atoms with Gasteiger partial charge in [0.05, 0.1) is 12.7 Å². The lowest BCUT2D eigenvalue weighted by Gasteiger charge is -2.21. The van der Waals surface area contributed by atoms with Gasteiger partial charge < -0.3 is 9.84 Å². The summed E-state index contributed by atoms with van der Waals surface area (Å²) in [7, 11) is 1.58. The van der Waals surface area contributed by atoms with Gasteiger partial charge in [-0.3, -0.25) is 0 Å². The van der Waals surface area contributed by atoms with E-state index in [2.05, 4.69) is 0 Å². The normalized spacial score (nSPS) is 11.6. The first-order valence-corrected chi connectivity index (χ1v) is 4.81. The van der Waals surface area contributed by atoms with E-state index in [4.69, 9.17) is 16.3 Å². The molecule has 1 N–H and O–H groups in total. The van der Waals surface area contributed by atoms with E-state index in [1.807, 2.05) is 6.92 Å². The first-order chi connectivity index (χ1) is 6.36. The van der Waals surface area contributed by atoms with E-state index < -0.39 is 5.60 Å². The average molecular weight is 215 g/mol. The predicted octanol–water partition coefficient (Wildman–Crippen LogP) is 2.88. The molecule has 0 aliphatic rings. The van der Waals surface area contributed by atoms with Crippen molar-refractivity contribution in [3.05, 3.63) is 28.3 Å². The van der Waals surface area contributed by atoms with Crippen molar-refractivity contribution in [3.63, 3.8) is 0 Å². The molecule has 14 heavy (non-hydrogen) atoms. The number of rotatable bonds is 2. The Balaban J connectivity index is 3.35. The summed E-state index contributed by atoms with van der Waals surface area (Å²) >= 11 is 6.01. The molecule has 78 valence electrons. The molecule has 0 atom stereocenters. The van der Waals surface area contributed by atoms with Gasteiger partial charge in [0.2, 0.25) is 0 Å². The SMILES string of the molecule is COc1cc(Cl)c(C)c(C(C)(C)O)c1. The van der Waals surface area contributed by atoms with Crippen LogP contribution in [0.3, 0.4) is 0 Å². The Kier molecular flexibility index (Phi) is 3.07. The fourth-order valence-electron chi connectivity index (χ4n) is 1.41. The number of aliphatic hydroxyl groups is 1. The molecular weight excluding hydrogens is 200 g/mol. The highest BCUT2D eigenvalue weighted by atomic mass is 35.5.